The molecule has 0 radical (unpaired) electrons. The van der Waals surface area contributed by atoms with Gasteiger partial charge in [-0.25, -0.2) is 4.79 Å². The number of carboxylic acid groups (broad SMARTS) is 1. The van der Waals surface area contributed by atoms with Crippen molar-refractivity contribution in [1.82, 2.24) is 10.2 Å². The highest BCUT2D eigenvalue weighted by molar-refractivity contribution is 5.88. The molecule has 0 fully saturated rings. The van der Waals surface area contributed by atoms with E-state index in [0.29, 0.717) is 24.3 Å². The molecule has 0 bridgehead atoms. The van der Waals surface area contributed by atoms with E-state index >= 15 is 0 Å². The summed E-state index contributed by atoms with van der Waals surface area (Å²) >= 11 is 0. The minimum Gasteiger partial charge on any atom is -0.493 e. The second-order valence-corrected chi connectivity index (χ2v) is 8.72. The SMILES string of the molecule is CCOC(=O)[C@H](CCc1ccccc1)N[C@@H](C)C(=O)N1Cc2cc(OC)c(OC)cc2CC1C(=O)O.Cl. The Labute approximate surface area is 223 Å². The number of rotatable bonds is 11. The van der Waals surface area contributed by atoms with Crippen molar-refractivity contribution >= 4 is 30.3 Å². The van der Waals surface area contributed by atoms with Gasteiger partial charge in [-0.3, -0.25) is 14.9 Å². The third-order valence-electron chi connectivity index (χ3n) is 6.36. The summed E-state index contributed by atoms with van der Waals surface area (Å²) < 4.78 is 15.9. The minimum absolute atomic E-state index is 0. The van der Waals surface area contributed by atoms with Gasteiger partial charge in [-0.05, 0) is 55.5 Å². The predicted octanol–water partition coefficient (Wildman–Crippen LogP) is 3.01. The van der Waals surface area contributed by atoms with Crippen LogP contribution in [-0.2, 0) is 38.5 Å². The lowest BCUT2D eigenvalue weighted by molar-refractivity contribution is -0.153. The molecule has 1 amide bonds. The summed E-state index contributed by atoms with van der Waals surface area (Å²) in [5.74, 6) is -0.930. The van der Waals surface area contributed by atoms with Crippen LogP contribution in [-0.4, -0.2) is 66.8 Å². The van der Waals surface area contributed by atoms with Crippen LogP contribution >= 0.6 is 12.4 Å². The average molecular weight is 535 g/mol. The fraction of sp³-hybridized carbons (Fsp3) is 0.444. The van der Waals surface area contributed by atoms with Crippen LogP contribution in [0.4, 0.5) is 0 Å². The summed E-state index contributed by atoms with van der Waals surface area (Å²) in [7, 11) is 3.04. The van der Waals surface area contributed by atoms with Crippen molar-refractivity contribution in [3.63, 3.8) is 0 Å². The number of carbonyl (C=O) groups excluding carboxylic acids is 2. The van der Waals surface area contributed by atoms with Gasteiger partial charge in [-0.15, -0.1) is 12.4 Å². The van der Waals surface area contributed by atoms with E-state index < -0.39 is 36.0 Å². The molecule has 1 aliphatic rings. The number of benzene rings is 2. The van der Waals surface area contributed by atoms with Crippen LogP contribution in [0.2, 0.25) is 0 Å². The molecule has 3 atom stereocenters. The number of aryl methyl sites for hydroxylation is 1. The molecule has 1 unspecified atom stereocenters. The molecule has 3 rings (SSSR count). The van der Waals surface area contributed by atoms with E-state index in [-0.39, 0.29) is 32.0 Å². The third kappa shape index (κ3) is 7.36. The van der Waals surface area contributed by atoms with E-state index in [0.717, 1.165) is 16.7 Å². The van der Waals surface area contributed by atoms with Gasteiger partial charge in [0.1, 0.15) is 12.1 Å². The van der Waals surface area contributed by atoms with E-state index in [1.54, 1.807) is 26.0 Å². The Balaban J connectivity index is 0.00000481. The van der Waals surface area contributed by atoms with Crippen LogP contribution in [0, 0.1) is 0 Å². The Kier molecular flexibility index (Phi) is 11.2. The number of methoxy groups -OCH3 is 2. The zero-order valence-electron chi connectivity index (χ0n) is 21.6. The van der Waals surface area contributed by atoms with Gasteiger partial charge < -0.3 is 24.2 Å². The lowest BCUT2D eigenvalue weighted by Gasteiger charge is -2.37. The van der Waals surface area contributed by atoms with Crippen molar-refractivity contribution in [3.8, 4) is 11.5 Å². The number of amides is 1. The van der Waals surface area contributed by atoms with Crippen LogP contribution in [0.15, 0.2) is 42.5 Å². The highest BCUT2D eigenvalue weighted by Gasteiger charge is 2.38. The smallest absolute Gasteiger partial charge is 0.326 e. The van der Waals surface area contributed by atoms with Gasteiger partial charge in [0.25, 0.3) is 0 Å². The highest BCUT2D eigenvalue weighted by Crippen LogP contribution is 2.35. The van der Waals surface area contributed by atoms with Gasteiger partial charge in [0.05, 0.1) is 26.9 Å². The molecule has 2 N–H and O–H groups in total. The molecule has 0 aromatic heterocycles. The number of nitrogens with zero attached hydrogens (tertiary/aromatic N) is 1. The third-order valence-corrected chi connectivity index (χ3v) is 6.36. The summed E-state index contributed by atoms with van der Waals surface area (Å²) in [4.78, 5) is 39.6. The van der Waals surface area contributed by atoms with Crippen molar-refractivity contribution in [2.75, 3.05) is 20.8 Å². The van der Waals surface area contributed by atoms with Gasteiger partial charge in [0.15, 0.2) is 11.5 Å². The zero-order valence-corrected chi connectivity index (χ0v) is 22.4. The second kappa shape index (κ2) is 13.9. The molecule has 0 saturated carbocycles. The van der Waals surface area contributed by atoms with Crippen LogP contribution in [0.3, 0.4) is 0 Å². The maximum atomic E-state index is 13.5. The fourth-order valence-corrected chi connectivity index (χ4v) is 4.45. The summed E-state index contributed by atoms with van der Waals surface area (Å²) in [6, 6.07) is 10.7. The van der Waals surface area contributed by atoms with E-state index in [2.05, 4.69) is 5.32 Å². The van der Waals surface area contributed by atoms with Crippen LogP contribution < -0.4 is 14.8 Å². The number of hydrogen-bond acceptors (Lipinski definition) is 7. The molecule has 0 saturated heterocycles. The first-order chi connectivity index (χ1) is 17.3. The van der Waals surface area contributed by atoms with Crippen molar-refractivity contribution in [2.24, 2.45) is 0 Å². The molecular formula is C27H35ClN2O7. The number of esters is 1. The first kappa shape index (κ1) is 29.9. The average Bonchev–Trinajstić information content (AvgIpc) is 2.89. The Hall–Kier alpha value is -3.30. The molecule has 1 aliphatic heterocycles. The lowest BCUT2D eigenvalue weighted by atomic mass is 9.92. The number of ether oxygens (including phenoxy) is 3. The molecule has 37 heavy (non-hydrogen) atoms. The summed E-state index contributed by atoms with van der Waals surface area (Å²) in [6.07, 6.45) is 1.19. The van der Waals surface area contributed by atoms with Crippen LogP contribution in [0.5, 0.6) is 11.5 Å². The highest BCUT2D eigenvalue weighted by atomic mass is 35.5. The molecule has 9 nitrogen and oxygen atoms in total. The van der Waals surface area contributed by atoms with Gasteiger partial charge in [0, 0.05) is 13.0 Å². The normalized spacial score (nSPS) is 16.0. The van der Waals surface area contributed by atoms with Gasteiger partial charge in [-0.1, -0.05) is 30.3 Å². The van der Waals surface area contributed by atoms with E-state index in [9.17, 15) is 19.5 Å². The lowest BCUT2D eigenvalue weighted by Crippen LogP contribution is -2.56. The van der Waals surface area contributed by atoms with Gasteiger partial charge in [0.2, 0.25) is 5.91 Å². The maximum Gasteiger partial charge on any atom is 0.326 e. The number of hydrogen-bond donors (Lipinski definition) is 2. The molecule has 0 aliphatic carbocycles. The topological polar surface area (TPSA) is 114 Å². The molecule has 202 valence electrons. The maximum absolute atomic E-state index is 13.5. The van der Waals surface area contributed by atoms with Gasteiger partial charge >= 0.3 is 11.9 Å². The summed E-state index contributed by atoms with van der Waals surface area (Å²) in [5, 5.41) is 13.0. The standard InChI is InChI=1S/C27H34N2O7.ClH/c1-5-36-27(33)21(12-11-18-9-7-6-8-10-18)28-17(2)25(30)29-16-20-15-24(35-4)23(34-3)14-19(20)13-22(29)26(31)32;/h6-10,14-15,17,21-22,28H,5,11-13,16H2,1-4H3,(H,31,32);1H/t17-,21-,22?;/m0./s1. The number of carbonyl (C=O) groups is 3. The monoisotopic (exact) mass is 534 g/mol. The van der Waals surface area contributed by atoms with E-state index in [1.165, 1.54) is 19.1 Å². The predicted molar refractivity (Wildman–Crippen MR) is 140 cm³/mol. The number of aliphatic carboxylic acids is 1. The number of nitrogens with one attached hydrogen (secondary N) is 1. The summed E-state index contributed by atoms with van der Waals surface area (Å²) in [5.41, 5.74) is 2.64. The largest absolute Gasteiger partial charge is 0.493 e. The molecule has 0 spiro atoms. The molecular weight excluding hydrogens is 500 g/mol. The van der Waals surface area contributed by atoms with Crippen molar-refractivity contribution in [2.45, 2.75) is 57.8 Å². The van der Waals surface area contributed by atoms with E-state index in [1.807, 2.05) is 30.3 Å². The van der Waals surface area contributed by atoms with Gasteiger partial charge in [-0.2, -0.15) is 0 Å². The van der Waals surface area contributed by atoms with Crippen molar-refractivity contribution in [1.29, 1.82) is 0 Å². The minimum atomic E-state index is -1.10. The number of fused-ring (bicyclic) bond motifs is 1. The zero-order chi connectivity index (χ0) is 26.2. The molecule has 10 heteroatoms. The first-order valence-electron chi connectivity index (χ1n) is 12.0. The van der Waals surface area contributed by atoms with E-state index in [4.69, 9.17) is 14.2 Å². The fourth-order valence-electron chi connectivity index (χ4n) is 4.45. The van der Waals surface area contributed by atoms with Crippen LogP contribution in [0.1, 0.15) is 37.0 Å². The second-order valence-electron chi connectivity index (χ2n) is 8.72. The Morgan fingerprint density at radius 1 is 1.08 bits per heavy atom. The Bertz CT molecular complexity index is 1080. The Morgan fingerprint density at radius 2 is 1.70 bits per heavy atom. The number of carboxylic acids is 1. The van der Waals surface area contributed by atoms with Crippen LogP contribution in [0.25, 0.3) is 0 Å². The summed E-state index contributed by atoms with van der Waals surface area (Å²) in [6.45, 7) is 3.69. The van der Waals surface area contributed by atoms with Crippen molar-refractivity contribution in [3.05, 3.63) is 59.2 Å². The number of halogens is 1. The van der Waals surface area contributed by atoms with Crippen molar-refractivity contribution < 1.29 is 33.7 Å². The quantitative estimate of drug-likeness (QED) is 0.423. The molecule has 2 aromatic rings. The molecule has 1 heterocycles. The first-order valence-corrected chi connectivity index (χ1v) is 12.0. The molecule has 2 aromatic carbocycles. The Morgan fingerprint density at radius 3 is 2.27 bits per heavy atom.